The summed E-state index contributed by atoms with van der Waals surface area (Å²) in [4.78, 5) is 73.5. The van der Waals surface area contributed by atoms with Gasteiger partial charge in [0.1, 0.15) is 11.8 Å². The van der Waals surface area contributed by atoms with E-state index < -0.39 is 36.1 Å². The molecule has 0 aliphatic carbocycles. The fourth-order valence-corrected chi connectivity index (χ4v) is 10.0. The van der Waals surface area contributed by atoms with Crippen LogP contribution in [0.1, 0.15) is 87.2 Å². The van der Waals surface area contributed by atoms with Crippen molar-refractivity contribution in [1.82, 2.24) is 24.9 Å². The summed E-state index contributed by atoms with van der Waals surface area (Å²) in [6.45, 7) is 6.60. The number of alkyl halides is 2. The molecule has 3 aromatic rings. The summed E-state index contributed by atoms with van der Waals surface area (Å²) in [5, 5.41) is 12.3. The number of fused-ring (bicyclic) bond motifs is 3. The molecule has 0 saturated carbocycles. The normalized spacial score (nSPS) is 24.5. The van der Waals surface area contributed by atoms with Crippen LogP contribution in [0.25, 0.3) is 0 Å². The number of rotatable bonds is 8. The molecule has 2 N–H and O–H groups in total. The van der Waals surface area contributed by atoms with Crippen LogP contribution in [0.15, 0.2) is 54.6 Å². The van der Waals surface area contributed by atoms with Crippen molar-refractivity contribution >= 4 is 35.2 Å². The second-order valence-electron chi connectivity index (χ2n) is 16.7. The number of aromatic hydroxyl groups is 1. The topological polar surface area (TPSA) is 134 Å². The van der Waals surface area contributed by atoms with Gasteiger partial charge in [-0.05, 0) is 96.8 Å². The second-order valence-corrected chi connectivity index (χ2v) is 16.7. The van der Waals surface area contributed by atoms with Crippen LogP contribution in [0, 0.1) is 11.8 Å². The summed E-state index contributed by atoms with van der Waals surface area (Å²) < 4.78 is 27.4. The van der Waals surface area contributed by atoms with Gasteiger partial charge in [-0.15, -0.1) is 0 Å². The van der Waals surface area contributed by atoms with Crippen molar-refractivity contribution in [3.63, 3.8) is 0 Å². The van der Waals surface area contributed by atoms with Gasteiger partial charge in [0.25, 0.3) is 18.2 Å². The highest BCUT2D eigenvalue weighted by Gasteiger charge is 2.46. The van der Waals surface area contributed by atoms with Crippen LogP contribution in [0.3, 0.4) is 0 Å². The maximum atomic E-state index is 13.7. The molecule has 6 aliphatic heterocycles. The number of amides is 5. The first-order chi connectivity index (χ1) is 27.4. The molecule has 3 fully saturated rings. The van der Waals surface area contributed by atoms with Gasteiger partial charge >= 0.3 is 0 Å². The Hall–Kier alpha value is -5.21. The lowest BCUT2D eigenvalue weighted by Gasteiger charge is -2.44. The second kappa shape index (κ2) is 14.6. The zero-order valence-electron chi connectivity index (χ0n) is 31.8. The minimum absolute atomic E-state index is 0.0331. The van der Waals surface area contributed by atoms with E-state index in [1.165, 1.54) is 0 Å². The molecular weight excluding hydrogens is 735 g/mol. The van der Waals surface area contributed by atoms with Crippen LogP contribution in [-0.2, 0) is 33.9 Å². The van der Waals surface area contributed by atoms with Crippen molar-refractivity contribution in [2.75, 3.05) is 44.2 Å². The number of phenols is 1. The molecule has 3 aromatic carbocycles. The maximum Gasteiger partial charge on any atom is 0.262 e. The van der Waals surface area contributed by atoms with Gasteiger partial charge in [-0.25, -0.2) is 8.78 Å². The van der Waals surface area contributed by atoms with Gasteiger partial charge in [-0.1, -0.05) is 18.2 Å². The summed E-state index contributed by atoms with van der Waals surface area (Å²) in [5.41, 5.74) is 6.46. The lowest BCUT2D eigenvalue weighted by molar-refractivity contribution is -0.143. The Morgan fingerprint density at radius 1 is 0.877 bits per heavy atom. The smallest absolute Gasteiger partial charge is 0.262 e. The largest absolute Gasteiger partial charge is 0.508 e. The number of hydrogen-bond donors (Lipinski definition) is 2. The van der Waals surface area contributed by atoms with Gasteiger partial charge in [0.2, 0.25) is 17.7 Å². The molecular formula is C43H46F2N6O6. The molecule has 298 valence electrons. The van der Waals surface area contributed by atoms with Crippen molar-refractivity contribution < 1.29 is 37.9 Å². The van der Waals surface area contributed by atoms with Gasteiger partial charge in [0.05, 0.1) is 23.7 Å². The zero-order chi connectivity index (χ0) is 39.7. The van der Waals surface area contributed by atoms with E-state index in [2.05, 4.69) is 15.1 Å². The van der Waals surface area contributed by atoms with Crippen LogP contribution in [0.4, 0.5) is 14.5 Å². The molecule has 57 heavy (non-hydrogen) atoms. The Morgan fingerprint density at radius 3 is 2.18 bits per heavy atom. The summed E-state index contributed by atoms with van der Waals surface area (Å²) in [5.74, 6) is -1.34. The number of imide groups is 2. The van der Waals surface area contributed by atoms with Crippen LogP contribution in [0.2, 0.25) is 0 Å². The average molecular weight is 781 g/mol. The molecule has 0 spiro atoms. The minimum Gasteiger partial charge on any atom is -0.508 e. The fourth-order valence-electron chi connectivity index (χ4n) is 10.0. The third-order valence-corrected chi connectivity index (χ3v) is 12.9. The molecule has 0 radical (unpaired) electrons. The van der Waals surface area contributed by atoms with E-state index in [1.807, 2.05) is 47.1 Å². The SMILES string of the molecule is C[C@@H]1Cc2cc(O)ccc2[C@@H](c2ccc(N3CCC(C(=O)N4CC(CN5Cc6cc7c(cc6C5)C(=O)N(C5CCC(=O)NC5=O)C7=O)C4)CC3)cc2)N1CC(F)F. The molecule has 6 aliphatic rings. The average Bonchev–Trinajstić information content (AvgIpc) is 3.68. The van der Waals surface area contributed by atoms with Gasteiger partial charge in [-0.3, -0.25) is 44.0 Å². The van der Waals surface area contributed by atoms with Crippen molar-refractivity contribution in [1.29, 1.82) is 0 Å². The van der Waals surface area contributed by atoms with E-state index >= 15 is 0 Å². The highest BCUT2D eigenvalue weighted by Crippen LogP contribution is 2.41. The number of likely N-dealkylation sites (tertiary alicyclic amines) is 1. The standard InChI is InChI=1S/C43H46F2N6O6/c1-24-14-28-15-32(52)6-7-33(28)39(50(24)23-37(44)45)26-2-4-31(5-3-26)48-12-10-27(11-13-48)41(55)49-19-25(20-49)18-47-21-29-16-34-35(17-30(29)22-47)43(57)51(42(34)56)36-8-9-38(53)46-40(36)54/h2-7,15-17,24-25,27,36-37,39,52H,8-14,18-23H2,1H3,(H,46,53,54)/t24-,36?,39-/m1/s1. The van der Waals surface area contributed by atoms with Gasteiger partial charge < -0.3 is 14.9 Å². The highest BCUT2D eigenvalue weighted by atomic mass is 19.3. The maximum absolute atomic E-state index is 13.7. The van der Waals surface area contributed by atoms with Crippen LogP contribution < -0.4 is 10.2 Å². The van der Waals surface area contributed by atoms with E-state index in [-0.39, 0.29) is 49.0 Å². The molecule has 14 heteroatoms. The monoisotopic (exact) mass is 780 g/mol. The first-order valence-electron chi connectivity index (χ1n) is 20.0. The Morgan fingerprint density at radius 2 is 1.54 bits per heavy atom. The van der Waals surface area contributed by atoms with Crippen LogP contribution in [0.5, 0.6) is 5.75 Å². The van der Waals surface area contributed by atoms with E-state index in [1.54, 1.807) is 24.3 Å². The summed E-state index contributed by atoms with van der Waals surface area (Å²) in [6, 6.07) is 15.5. The Kier molecular flexibility index (Phi) is 9.59. The van der Waals surface area contributed by atoms with Crippen molar-refractivity contribution in [3.8, 4) is 5.75 Å². The molecule has 1 unspecified atom stereocenters. The third kappa shape index (κ3) is 6.86. The van der Waals surface area contributed by atoms with Crippen LogP contribution in [-0.4, -0.2) is 112 Å². The molecule has 12 nitrogen and oxygen atoms in total. The molecule has 3 atom stereocenters. The quantitative estimate of drug-likeness (QED) is 0.325. The number of phenolic OH excluding ortho intramolecular Hbond substituents is 1. The van der Waals surface area contributed by atoms with Gasteiger partial charge in [0, 0.05) is 75.8 Å². The number of piperidine rings is 2. The predicted octanol–water partition coefficient (Wildman–Crippen LogP) is 4.09. The van der Waals surface area contributed by atoms with Crippen molar-refractivity contribution in [2.45, 2.75) is 76.7 Å². The molecule has 5 amide bonds. The molecule has 6 heterocycles. The Balaban J connectivity index is 0.760. The third-order valence-electron chi connectivity index (χ3n) is 12.9. The number of anilines is 1. The highest BCUT2D eigenvalue weighted by molar-refractivity contribution is 6.23. The first-order valence-corrected chi connectivity index (χ1v) is 20.0. The molecule has 3 saturated heterocycles. The number of nitrogens with zero attached hydrogens (tertiary/aromatic N) is 5. The van der Waals surface area contributed by atoms with Crippen molar-refractivity contribution in [3.05, 3.63) is 93.5 Å². The van der Waals surface area contributed by atoms with Gasteiger partial charge in [0.15, 0.2) is 0 Å². The number of benzene rings is 3. The summed E-state index contributed by atoms with van der Waals surface area (Å²) >= 11 is 0. The number of hydrogen-bond acceptors (Lipinski definition) is 9. The van der Waals surface area contributed by atoms with E-state index in [4.69, 9.17) is 0 Å². The first kappa shape index (κ1) is 37.4. The number of carbonyl (C=O) groups is 5. The van der Waals surface area contributed by atoms with E-state index in [0.29, 0.717) is 49.6 Å². The predicted molar refractivity (Wildman–Crippen MR) is 205 cm³/mol. The molecule has 0 aromatic heterocycles. The fraction of sp³-hybridized carbons (Fsp3) is 0.465. The minimum atomic E-state index is -2.46. The Labute approximate surface area is 329 Å². The number of halogens is 2. The lowest BCUT2D eigenvalue weighted by Crippen LogP contribution is -2.55. The summed E-state index contributed by atoms with van der Waals surface area (Å²) in [7, 11) is 0. The van der Waals surface area contributed by atoms with Gasteiger partial charge in [-0.2, -0.15) is 0 Å². The molecule has 0 bridgehead atoms. The van der Waals surface area contributed by atoms with Crippen molar-refractivity contribution in [2.24, 2.45) is 11.8 Å². The number of carbonyl (C=O) groups excluding carboxylic acids is 5. The lowest BCUT2D eigenvalue weighted by atomic mass is 9.85. The zero-order valence-corrected chi connectivity index (χ0v) is 31.8. The van der Waals surface area contributed by atoms with E-state index in [0.717, 1.165) is 70.9 Å². The molecule has 9 rings (SSSR count). The Bertz CT molecular complexity index is 2100. The number of nitrogens with one attached hydrogen (secondary N) is 1. The summed E-state index contributed by atoms with van der Waals surface area (Å²) in [6.07, 6.45) is -0.155. The van der Waals surface area contributed by atoms with E-state index in [9.17, 15) is 37.9 Å². The van der Waals surface area contributed by atoms with Crippen LogP contribution >= 0.6 is 0 Å².